The van der Waals surface area contributed by atoms with Gasteiger partial charge < -0.3 is 4.90 Å². The van der Waals surface area contributed by atoms with Gasteiger partial charge in [-0.15, -0.1) is 11.6 Å². The largest absolute Gasteiger partial charge is 0.371 e. The van der Waals surface area contributed by atoms with Crippen LogP contribution in [-0.4, -0.2) is 13.1 Å². The summed E-state index contributed by atoms with van der Waals surface area (Å²) in [5.41, 5.74) is 2.54. The first kappa shape index (κ1) is 11.8. The van der Waals surface area contributed by atoms with E-state index in [1.54, 1.807) is 0 Å². The van der Waals surface area contributed by atoms with Crippen LogP contribution >= 0.6 is 11.6 Å². The van der Waals surface area contributed by atoms with Gasteiger partial charge in [0.25, 0.3) is 0 Å². The summed E-state index contributed by atoms with van der Waals surface area (Å²) >= 11 is 5.79. The zero-order valence-electron chi connectivity index (χ0n) is 10.1. The minimum atomic E-state index is 0.605. The molecule has 1 aromatic rings. The molecule has 0 radical (unpaired) electrons. The van der Waals surface area contributed by atoms with Crippen molar-refractivity contribution in [1.82, 2.24) is 0 Å². The first-order valence-corrected chi connectivity index (χ1v) is 6.64. The van der Waals surface area contributed by atoms with E-state index in [-0.39, 0.29) is 0 Å². The van der Waals surface area contributed by atoms with Crippen LogP contribution in [0.5, 0.6) is 0 Å². The number of hydrogen-bond acceptors (Lipinski definition) is 1. The number of anilines is 1. The fourth-order valence-electron chi connectivity index (χ4n) is 2.29. The number of benzene rings is 1. The van der Waals surface area contributed by atoms with E-state index >= 15 is 0 Å². The zero-order chi connectivity index (χ0) is 11.5. The highest BCUT2D eigenvalue weighted by molar-refractivity contribution is 6.17. The number of hydrogen-bond donors (Lipinski definition) is 0. The standard InChI is InChI=1S/C14H20ClN/c1-11-7-8-16(10-12(11)2)14-5-3-13(9-15)4-6-14/h3-6,11-12H,7-10H2,1-2H3. The molecule has 0 spiro atoms. The van der Waals surface area contributed by atoms with Crippen molar-refractivity contribution in [2.45, 2.75) is 26.1 Å². The van der Waals surface area contributed by atoms with Crippen LogP contribution in [0, 0.1) is 11.8 Å². The Morgan fingerprint density at radius 2 is 1.88 bits per heavy atom. The Morgan fingerprint density at radius 3 is 2.44 bits per heavy atom. The molecule has 1 aliphatic heterocycles. The molecule has 1 fully saturated rings. The van der Waals surface area contributed by atoms with E-state index in [2.05, 4.69) is 43.0 Å². The number of halogens is 1. The second kappa shape index (κ2) is 5.09. The lowest BCUT2D eigenvalue weighted by Crippen LogP contribution is -2.38. The summed E-state index contributed by atoms with van der Waals surface area (Å²) < 4.78 is 0. The first-order chi connectivity index (χ1) is 7.70. The minimum absolute atomic E-state index is 0.605. The molecule has 1 aliphatic rings. The van der Waals surface area contributed by atoms with Gasteiger partial charge in [0, 0.05) is 24.7 Å². The molecule has 2 rings (SSSR count). The van der Waals surface area contributed by atoms with Crippen LogP contribution in [-0.2, 0) is 5.88 Å². The number of alkyl halides is 1. The van der Waals surface area contributed by atoms with Gasteiger partial charge in [-0.3, -0.25) is 0 Å². The molecule has 1 nitrogen and oxygen atoms in total. The molecular formula is C14H20ClN. The summed E-state index contributed by atoms with van der Waals surface area (Å²) in [5, 5.41) is 0. The van der Waals surface area contributed by atoms with E-state index in [1.807, 2.05) is 0 Å². The van der Waals surface area contributed by atoms with Crippen molar-refractivity contribution < 1.29 is 0 Å². The van der Waals surface area contributed by atoms with Crippen molar-refractivity contribution in [2.24, 2.45) is 11.8 Å². The van der Waals surface area contributed by atoms with E-state index in [0.717, 1.165) is 11.8 Å². The number of rotatable bonds is 2. The van der Waals surface area contributed by atoms with Crippen LogP contribution in [0.15, 0.2) is 24.3 Å². The summed E-state index contributed by atoms with van der Waals surface area (Å²) in [7, 11) is 0. The van der Waals surface area contributed by atoms with Gasteiger partial charge >= 0.3 is 0 Å². The molecule has 16 heavy (non-hydrogen) atoms. The predicted molar refractivity (Wildman–Crippen MR) is 71.2 cm³/mol. The fourth-order valence-corrected chi connectivity index (χ4v) is 2.47. The van der Waals surface area contributed by atoms with Gasteiger partial charge in [-0.05, 0) is 36.0 Å². The molecule has 0 amide bonds. The van der Waals surface area contributed by atoms with E-state index in [1.165, 1.54) is 30.8 Å². The summed E-state index contributed by atoms with van der Waals surface area (Å²) in [4.78, 5) is 2.49. The molecule has 2 heteroatoms. The van der Waals surface area contributed by atoms with E-state index in [0.29, 0.717) is 5.88 Å². The van der Waals surface area contributed by atoms with Gasteiger partial charge in [-0.1, -0.05) is 26.0 Å². The highest BCUT2D eigenvalue weighted by atomic mass is 35.5. The SMILES string of the molecule is CC1CCN(c2ccc(CCl)cc2)CC1C. The lowest BCUT2D eigenvalue weighted by molar-refractivity contribution is 0.324. The molecule has 0 bridgehead atoms. The van der Waals surface area contributed by atoms with Gasteiger partial charge in [-0.2, -0.15) is 0 Å². The van der Waals surface area contributed by atoms with Crippen molar-refractivity contribution in [2.75, 3.05) is 18.0 Å². The van der Waals surface area contributed by atoms with Gasteiger partial charge in [0.1, 0.15) is 0 Å². The zero-order valence-corrected chi connectivity index (χ0v) is 10.9. The maximum atomic E-state index is 5.79. The molecule has 2 unspecified atom stereocenters. The highest BCUT2D eigenvalue weighted by Gasteiger charge is 2.22. The maximum absolute atomic E-state index is 5.79. The van der Waals surface area contributed by atoms with E-state index in [9.17, 15) is 0 Å². The maximum Gasteiger partial charge on any atom is 0.0474 e. The molecule has 88 valence electrons. The first-order valence-electron chi connectivity index (χ1n) is 6.10. The van der Waals surface area contributed by atoms with Crippen LogP contribution in [0.25, 0.3) is 0 Å². The Kier molecular flexibility index (Phi) is 3.75. The van der Waals surface area contributed by atoms with Crippen molar-refractivity contribution in [3.63, 3.8) is 0 Å². The van der Waals surface area contributed by atoms with Crippen molar-refractivity contribution >= 4 is 17.3 Å². The second-order valence-corrected chi connectivity index (χ2v) is 5.26. The second-order valence-electron chi connectivity index (χ2n) is 4.99. The molecule has 0 saturated carbocycles. The lowest BCUT2D eigenvalue weighted by atomic mass is 9.88. The summed E-state index contributed by atoms with van der Waals surface area (Å²) in [6.07, 6.45) is 1.30. The van der Waals surface area contributed by atoms with Crippen molar-refractivity contribution in [3.05, 3.63) is 29.8 Å². The Morgan fingerprint density at radius 1 is 1.19 bits per heavy atom. The molecule has 2 atom stereocenters. The average Bonchev–Trinajstić information content (AvgIpc) is 2.33. The third kappa shape index (κ3) is 2.52. The van der Waals surface area contributed by atoms with Crippen LogP contribution in [0.3, 0.4) is 0 Å². The monoisotopic (exact) mass is 237 g/mol. The quantitative estimate of drug-likeness (QED) is 0.705. The summed E-state index contributed by atoms with van der Waals surface area (Å²) in [5.74, 6) is 2.26. The molecule has 1 saturated heterocycles. The Hall–Kier alpha value is -0.690. The summed E-state index contributed by atoms with van der Waals surface area (Å²) in [6, 6.07) is 8.65. The lowest BCUT2D eigenvalue weighted by Gasteiger charge is -2.36. The molecule has 1 aromatic carbocycles. The van der Waals surface area contributed by atoms with Gasteiger partial charge in [0.2, 0.25) is 0 Å². The van der Waals surface area contributed by atoms with Crippen molar-refractivity contribution in [1.29, 1.82) is 0 Å². The normalized spacial score (nSPS) is 25.8. The Bertz CT molecular complexity index is 333. The van der Waals surface area contributed by atoms with E-state index < -0.39 is 0 Å². The third-order valence-electron chi connectivity index (χ3n) is 3.79. The van der Waals surface area contributed by atoms with Crippen molar-refractivity contribution in [3.8, 4) is 0 Å². The van der Waals surface area contributed by atoms with Gasteiger partial charge in [0.15, 0.2) is 0 Å². The average molecular weight is 238 g/mol. The predicted octanol–water partition coefficient (Wildman–Crippen LogP) is 3.91. The highest BCUT2D eigenvalue weighted by Crippen LogP contribution is 2.27. The van der Waals surface area contributed by atoms with Gasteiger partial charge in [0.05, 0.1) is 0 Å². The Balaban J connectivity index is 2.06. The fraction of sp³-hybridized carbons (Fsp3) is 0.571. The summed E-state index contributed by atoms with van der Waals surface area (Å²) in [6.45, 7) is 7.08. The molecule has 0 aliphatic carbocycles. The minimum Gasteiger partial charge on any atom is -0.371 e. The topological polar surface area (TPSA) is 3.24 Å². The molecule has 0 N–H and O–H groups in total. The number of nitrogens with zero attached hydrogens (tertiary/aromatic N) is 1. The van der Waals surface area contributed by atoms with E-state index in [4.69, 9.17) is 11.6 Å². The van der Waals surface area contributed by atoms with Crippen LogP contribution in [0.1, 0.15) is 25.8 Å². The molecule has 1 heterocycles. The van der Waals surface area contributed by atoms with Crippen LogP contribution < -0.4 is 4.90 Å². The molecule has 0 aromatic heterocycles. The van der Waals surface area contributed by atoms with Gasteiger partial charge in [-0.25, -0.2) is 0 Å². The van der Waals surface area contributed by atoms with Crippen LogP contribution in [0.2, 0.25) is 0 Å². The smallest absolute Gasteiger partial charge is 0.0474 e. The Labute approximate surface area is 103 Å². The third-order valence-corrected chi connectivity index (χ3v) is 4.10. The number of piperidine rings is 1. The molecular weight excluding hydrogens is 218 g/mol. The van der Waals surface area contributed by atoms with Crippen LogP contribution in [0.4, 0.5) is 5.69 Å².